The molecule has 0 fully saturated rings. The Bertz CT molecular complexity index is 1010. The van der Waals surface area contributed by atoms with Gasteiger partial charge in [-0.05, 0) is 23.8 Å². The standard InChI is InChI=1S/C24H23N3O/c1-26(2)19-14-12-18(13-15-19)24-27-22(20-10-6-7-11-23(20)28-24)16-21(25-27)17-8-4-3-5-9-17/h3-15,22,24H,16H2,1-2H3/t22-,24+/m1/s1. The van der Waals surface area contributed by atoms with Crippen LogP contribution in [0.5, 0.6) is 5.75 Å². The minimum atomic E-state index is -0.225. The SMILES string of the molecule is CN(C)c1ccc([C@@H]2Oc3ccccc3[C@H]3CC(c4ccccc4)=NN32)cc1. The highest BCUT2D eigenvalue weighted by atomic mass is 16.5. The molecule has 4 nitrogen and oxygen atoms in total. The monoisotopic (exact) mass is 369 g/mol. The maximum absolute atomic E-state index is 6.42. The molecule has 0 bridgehead atoms. The van der Waals surface area contributed by atoms with Gasteiger partial charge in [0.25, 0.3) is 0 Å². The quantitative estimate of drug-likeness (QED) is 0.651. The van der Waals surface area contributed by atoms with Crippen LogP contribution in [0.4, 0.5) is 5.69 Å². The Labute approximate surface area is 165 Å². The number of nitrogens with zero attached hydrogens (tertiary/aromatic N) is 3. The highest BCUT2D eigenvalue weighted by Crippen LogP contribution is 2.47. The molecule has 2 aliphatic heterocycles. The number of rotatable bonds is 3. The highest BCUT2D eigenvalue weighted by molar-refractivity contribution is 6.01. The molecule has 0 spiro atoms. The lowest BCUT2D eigenvalue weighted by molar-refractivity contribution is -0.0190. The van der Waals surface area contributed by atoms with Crippen LogP contribution in [0.3, 0.4) is 0 Å². The number of hydrogen-bond acceptors (Lipinski definition) is 4. The van der Waals surface area contributed by atoms with Gasteiger partial charge in [0.2, 0.25) is 6.23 Å². The molecular formula is C24H23N3O. The zero-order chi connectivity index (χ0) is 19.1. The Hall–Kier alpha value is -3.27. The predicted molar refractivity (Wildman–Crippen MR) is 113 cm³/mol. The van der Waals surface area contributed by atoms with Crippen molar-refractivity contribution >= 4 is 11.4 Å². The Balaban J connectivity index is 1.56. The summed E-state index contributed by atoms with van der Waals surface area (Å²) in [4.78, 5) is 2.10. The third-order valence-corrected chi connectivity index (χ3v) is 5.50. The van der Waals surface area contributed by atoms with Gasteiger partial charge in [0.05, 0.1) is 11.8 Å². The van der Waals surface area contributed by atoms with Gasteiger partial charge in [0.15, 0.2) is 0 Å². The van der Waals surface area contributed by atoms with Crippen LogP contribution >= 0.6 is 0 Å². The molecule has 0 unspecified atom stereocenters. The molecule has 28 heavy (non-hydrogen) atoms. The summed E-state index contributed by atoms with van der Waals surface area (Å²) in [6.07, 6.45) is 0.661. The first-order chi connectivity index (χ1) is 13.7. The first kappa shape index (κ1) is 16.9. The molecule has 4 heteroatoms. The van der Waals surface area contributed by atoms with Crippen molar-refractivity contribution in [3.8, 4) is 5.75 Å². The summed E-state index contributed by atoms with van der Waals surface area (Å²) in [5.74, 6) is 0.954. The minimum absolute atomic E-state index is 0.193. The van der Waals surface area contributed by atoms with Crippen LogP contribution in [-0.2, 0) is 0 Å². The molecule has 0 aromatic heterocycles. The van der Waals surface area contributed by atoms with Gasteiger partial charge in [0, 0.05) is 37.3 Å². The number of anilines is 1. The summed E-state index contributed by atoms with van der Waals surface area (Å²) in [7, 11) is 4.10. The number of hydrazone groups is 1. The number of benzene rings is 3. The van der Waals surface area contributed by atoms with Gasteiger partial charge in [0.1, 0.15) is 5.75 Å². The van der Waals surface area contributed by atoms with Gasteiger partial charge in [-0.15, -0.1) is 0 Å². The van der Waals surface area contributed by atoms with Crippen LogP contribution in [0.15, 0.2) is 84.0 Å². The molecule has 0 saturated heterocycles. The van der Waals surface area contributed by atoms with Crippen LogP contribution in [0.1, 0.15) is 35.4 Å². The minimum Gasteiger partial charge on any atom is -0.464 e. The molecular weight excluding hydrogens is 346 g/mol. The third-order valence-electron chi connectivity index (χ3n) is 5.50. The van der Waals surface area contributed by atoms with Crippen LogP contribution in [0.2, 0.25) is 0 Å². The molecule has 2 atom stereocenters. The van der Waals surface area contributed by atoms with E-state index < -0.39 is 0 Å². The van der Waals surface area contributed by atoms with Gasteiger partial charge in [-0.3, -0.25) is 0 Å². The van der Waals surface area contributed by atoms with E-state index in [0.29, 0.717) is 0 Å². The molecule has 0 radical (unpaired) electrons. The van der Waals surface area contributed by atoms with E-state index in [-0.39, 0.29) is 12.3 Å². The van der Waals surface area contributed by atoms with E-state index in [1.165, 1.54) is 16.8 Å². The maximum atomic E-state index is 6.42. The van der Waals surface area contributed by atoms with E-state index in [2.05, 4.69) is 90.7 Å². The van der Waals surface area contributed by atoms with Gasteiger partial charge >= 0.3 is 0 Å². The van der Waals surface area contributed by atoms with Gasteiger partial charge < -0.3 is 9.64 Å². The van der Waals surface area contributed by atoms with Crippen LogP contribution in [0, 0.1) is 0 Å². The van der Waals surface area contributed by atoms with Crippen LogP contribution < -0.4 is 9.64 Å². The van der Waals surface area contributed by atoms with Crippen molar-refractivity contribution in [2.24, 2.45) is 5.10 Å². The van der Waals surface area contributed by atoms with Crippen molar-refractivity contribution in [2.45, 2.75) is 18.7 Å². The first-order valence-corrected chi connectivity index (χ1v) is 9.65. The van der Waals surface area contributed by atoms with Crippen molar-refractivity contribution in [1.29, 1.82) is 0 Å². The van der Waals surface area contributed by atoms with Crippen molar-refractivity contribution in [1.82, 2.24) is 5.01 Å². The summed E-state index contributed by atoms with van der Waals surface area (Å²) >= 11 is 0. The lowest BCUT2D eigenvalue weighted by Gasteiger charge is -2.38. The van der Waals surface area contributed by atoms with E-state index >= 15 is 0 Å². The van der Waals surface area contributed by atoms with Crippen LogP contribution in [-0.4, -0.2) is 24.8 Å². The Morgan fingerprint density at radius 1 is 0.893 bits per heavy atom. The average molecular weight is 369 g/mol. The third kappa shape index (κ3) is 2.82. The number of para-hydroxylation sites is 1. The number of ether oxygens (including phenoxy) is 1. The lowest BCUT2D eigenvalue weighted by Crippen LogP contribution is -2.33. The van der Waals surface area contributed by atoms with Crippen LogP contribution in [0.25, 0.3) is 0 Å². The number of fused-ring (bicyclic) bond motifs is 3. The van der Waals surface area contributed by atoms with Crippen molar-refractivity contribution in [3.63, 3.8) is 0 Å². The summed E-state index contributed by atoms with van der Waals surface area (Å²) in [6.45, 7) is 0. The first-order valence-electron chi connectivity index (χ1n) is 9.65. The van der Waals surface area contributed by atoms with E-state index in [1.54, 1.807) is 0 Å². The van der Waals surface area contributed by atoms with Crippen molar-refractivity contribution in [2.75, 3.05) is 19.0 Å². The fourth-order valence-corrected chi connectivity index (χ4v) is 4.00. The molecule has 0 N–H and O–H groups in total. The molecule has 2 heterocycles. The molecule has 0 saturated carbocycles. The fourth-order valence-electron chi connectivity index (χ4n) is 4.00. The number of hydrogen-bond donors (Lipinski definition) is 0. The molecule has 5 rings (SSSR count). The maximum Gasteiger partial charge on any atom is 0.213 e. The van der Waals surface area contributed by atoms with Gasteiger partial charge in [-0.2, -0.15) is 5.10 Å². The predicted octanol–water partition coefficient (Wildman–Crippen LogP) is 4.99. The summed E-state index contributed by atoms with van der Waals surface area (Å²) < 4.78 is 6.42. The molecule has 2 aliphatic rings. The summed E-state index contributed by atoms with van der Waals surface area (Å²) in [5.41, 5.74) is 5.78. The smallest absolute Gasteiger partial charge is 0.213 e. The molecule has 140 valence electrons. The molecule has 3 aromatic rings. The summed E-state index contributed by atoms with van der Waals surface area (Å²) in [5, 5.41) is 7.14. The Kier molecular flexibility index (Phi) is 4.05. The lowest BCUT2D eigenvalue weighted by atomic mass is 9.96. The molecule has 0 aliphatic carbocycles. The van der Waals surface area contributed by atoms with Gasteiger partial charge in [-0.25, -0.2) is 5.01 Å². The van der Waals surface area contributed by atoms with E-state index in [4.69, 9.17) is 9.84 Å². The van der Waals surface area contributed by atoms with Crippen molar-refractivity contribution < 1.29 is 4.74 Å². The fraction of sp³-hybridized carbons (Fsp3) is 0.208. The normalized spacial score (nSPS) is 20.1. The van der Waals surface area contributed by atoms with E-state index in [9.17, 15) is 0 Å². The second-order valence-corrected chi connectivity index (χ2v) is 7.51. The largest absolute Gasteiger partial charge is 0.464 e. The Morgan fingerprint density at radius 2 is 1.61 bits per heavy atom. The average Bonchev–Trinajstić information content (AvgIpc) is 3.20. The second kappa shape index (κ2) is 6.71. The van der Waals surface area contributed by atoms with Gasteiger partial charge in [-0.1, -0.05) is 60.7 Å². The highest BCUT2D eigenvalue weighted by Gasteiger charge is 2.40. The zero-order valence-electron chi connectivity index (χ0n) is 16.1. The molecule has 3 aromatic carbocycles. The van der Waals surface area contributed by atoms with E-state index in [1.807, 2.05) is 12.1 Å². The zero-order valence-corrected chi connectivity index (χ0v) is 16.1. The van der Waals surface area contributed by atoms with Crippen molar-refractivity contribution in [3.05, 3.63) is 95.6 Å². The summed E-state index contributed by atoms with van der Waals surface area (Å²) in [6, 6.07) is 27.5. The second-order valence-electron chi connectivity index (χ2n) is 7.51. The topological polar surface area (TPSA) is 28.1 Å². The molecule has 0 amide bonds. The Morgan fingerprint density at radius 3 is 2.36 bits per heavy atom. The van der Waals surface area contributed by atoms with E-state index in [0.717, 1.165) is 23.4 Å².